The minimum absolute atomic E-state index is 0.155. The lowest BCUT2D eigenvalue weighted by Crippen LogP contribution is -2.14. The van der Waals surface area contributed by atoms with Gasteiger partial charge in [0.05, 0.1) is 19.1 Å². The number of nitrogens with one attached hydrogen (secondary N) is 1. The highest BCUT2D eigenvalue weighted by Crippen LogP contribution is 2.18. The summed E-state index contributed by atoms with van der Waals surface area (Å²) in [6, 6.07) is 17.8. The van der Waals surface area contributed by atoms with Crippen LogP contribution in [-0.4, -0.2) is 22.4 Å². The summed E-state index contributed by atoms with van der Waals surface area (Å²) in [6.45, 7) is 0. The number of carbonyl (C=O) groups is 1. The summed E-state index contributed by atoms with van der Waals surface area (Å²) in [5.74, 6) is 1.17. The van der Waals surface area contributed by atoms with E-state index < -0.39 is 0 Å². The van der Waals surface area contributed by atoms with Crippen LogP contribution < -0.4 is 10.4 Å². The Kier molecular flexibility index (Phi) is 4.99. The Morgan fingerprint density at radius 3 is 2.66 bits per heavy atom. The lowest BCUT2D eigenvalue weighted by molar-refractivity contribution is 0.104. The molecule has 1 N–H and O–H groups in total. The van der Waals surface area contributed by atoms with Crippen molar-refractivity contribution in [1.82, 2.24) is 9.55 Å². The van der Waals surface area contributed by atoms with Crippen molar-refractivity contribution in [3.05, 3.63) is 101 Å². The molecule has 6 heteroatoms. The van der Waals surface area contributed by atoms with Gasteiger partial charge in [-0.25, -0.2) is 4.79 Å². The van der Waals surface area contributed by atoms with Gasteiger partial charge >= 0.3 is 5.69 Å². The maximum Gasteiger partial charge on any atom is 0.330 e. The van der Waals surface area contributed by atoms with E-state index in [0.717, 1.165) is 11.3 Å². The minimum Gasteiger partial charge on any atom is -0.497 e. The number of ketones is 1. The van der Waals surface area contributed by atoms with Crippen molar-refractivity contribution in [1.29, 1.82) is 0 Å². The highest BCUT2D eigenvalue weighted by atomic mass is 16.5. The highest BCUT2D eigenvalue weighted by molar-refractivity contribution is 6.07. The normalized spacial score (nSPS) is 11.1. The number of aromatic amines is 1. The maximum atomic E-state index is 12.6. The second-order valence-corrected chi connectivity index (χ2v) is 6.34. The number of nitrogens with zero attached hydrogens (tertiary/aromatic N) is 1. The average molecular weight is 386 g/mol. The van der Waals surface area contributed by atoms with Gasteiger partial charge in [-0.1, -0.05) is 30.3 Å². The molecule has 0 aliphatic carbocycles. The number of rotatable bonds is 6. The average Bonchev–Trinajstić information content (AvgIpc) is 3.42. The van der Waals surface area contributed by atoms with Crippen molar-refractivity contribution in [2.75, 3.05) is 7.11 Å². The van der Waals surface area contributed by atoms with E-state index >= 15 is 0 Å². The third-order valence-corrected chi connectivity index (χ3v) is 4.46. The Balaban J connectivity index is 1.58. The summed E-state index contributed by atoms with van der Waals surface area (Å²) >= 11 is 0. The Morgan fingerprint density at radius 2 is 1.93 bits per heavy atom. The largest absolute Gasteiger partial charge is 0.497 e. The van der Waals surface area contributed by atoms with Crippen molar-refractivity contribution in [3.63, 3.8) is 0 Å². The van der Waals surface area contributed by atoms with Crippen LogP contribution >= 0.6 is 0 Å². The van der Waals surface area contributed by atoms with Crippen LogP contribution in [0.1, 0.15) is 15.9 Å². The van der Waals surface area contributed by atoms with Crippen LogP contribution in [0.25, 0.3) is 23.2 Å². The third-order valence-electron chi connectivity index (χ3n) is 4.46. The number of aromatic nitrogens is 2. The van der Waals surface area contributed by atoms with Gasteiger partial charge in [-0.15, -0.1) is 0 Å². The first-order valence-electron chi connectivity index (χ1n) is 8.96. The fraction of sp³-hybridized carbons (Fsp3) is 0.0435. The summed E-state index contributed by atoms with van der Waals surface area (Å²) in [4.78, 5) is 27.7. The van der Waals surface area contributed by atoms with Gasteiger partial charge in [-0.05, 0) is 48.0 Å². The molecule has 4 rings (SSSR count). The van der Waals surface area contributed by atoms with Gasteiger partial charge in [0.2, 0.25) is 0 Å². The van der Waals surface area contributed by atoms with Gasteiger partial charge in [0.15, 0.2) is 11.5 Å². The summed E-state index contributed by atoms with van der Waals surface area (Å²) < 4.78 is 11.9. The molecule has 0 unspecified atom stereocenters. The topological polar surface area (TPSA) is 77.2 Å². The molecule has 0 fully saturated rings. The summed E-state index contributed by atoms with van der Waals surface area (Å²) in [5.41, 5.74) is 2.22. The summed E-state index contributed by atoms with van der Waals surface area (Å²) in [5, 5.41) is 0. The zero-order valence-electron chi connectivity index (χ0n) is 15.7. The molecule has 0 atom stereocenters. The number of H-pyrrole nitrogens is 1. The molecular weight excluding hydrogens is 368 g/mol. The van der Waals surface area contributed by atoms with Crippen molar-refractivity contribution >= 4 is 11.9 Å². The predicted molar refractivity (Wildman–Crippen MR) is 110 cm³/mol. The molecule has 29 heavy (non-hydrogen) atoms. The summed E-state index contributed by atoms with van der Waals surface area (Å²) in [6.07, 6.45) is 6.44. The molecule has 0 aliphatic rings. The van der Waals surface area contributed by atoms with E-state index in [-0.39, 0.29) is 11.5 Å². The first kappa shape index (κ1) is 18.3. The molecule has 2 heterocycles. The molecule has 6 nitrogen and oxygen atoms in total. The Morgan fingerprint density at radius 1 is 1.10 bits per heavy atom. The Bertz CT molecular complexity index is 1210. The smallest absolute Gasteiger partial charge is 0.330 e. The second-order valence-electron chi connectivity index (χ2n) is 6.34. The Hall–Kier alpha value is -4.06. The molecule has 4 aromatic rings. The van der Waals surface area contributed by atoms with Crippen LogP contribution in [-0.2, 0) is 0 Å². The third kappa shape index (κ3) is 3.96. The number of furan rings is 1. The van der Waals surface area contributed by atoms with Crippen LogP contribution in [0.15, 0.2) is 88.4 Å². The molecule has 0 radical (unpaired) electrons. The van der Waals surface area contributed by atoms with Crippen molar-refractivity contribution < 1.29 is 13.9 Å². The molecule has 2 aromatic heterocycles. The highest BCUT2D eigenvalue weighted by Gasteiger charge is 2.10. The SMILES string of the molecule is COc1ccc(C=CC(=O)c2cccc(-n3cc(-c4ccco4)[nH]c3=O)c2)cc1. The lowest BCUT2D eigenvalue weighted by Gasteiger charge is -2.03. The summed E-state index contributed by atoms with van der Waals surface area (Å²) in [7, 11) is 1.61. The zero-order chi connectivity index (χ0) is 20.2. The monoisotopic (exact) mass is 386 g/mol. The van der Waals surface area contributed by atoms with Gasteiger partial charge in [0, 0.05) is 11.8 Å². The standard InChI is InChI=1S/C23H18N2O4/c1-28-19-10-7-16(8-11-19)9-12-21(26)17-4-2-5-18(14-17)25-15-20(24-23(25)27)22-6-3-13-29-22/h2-15H,1H3,(H,24,27). The van der Waals surface area contributed by atoms with E-state index in [9.17, 15) is 9.59 Å². The number of imidazole rings is 1. The molecule has 0 spiro atoms. The molecule has 0 bridgehead atoms. The van der Waals surface area contributed by atoms with Crippen molar-refractivity contribution in [2.24, 2.45) is 0 Å². The van der Waals surface area contributed by atoms with E-state index in [0.29, 0.717) is 22.7 Å². The number of allylic oxidation sites excluding steroid dienone is 1. The van der Waals surface area contributed by atoms with Crippen LogP contribution in [0.2, 0.25) is 0 Å². The van der Waals surface area contributed by atoms with Gasteiger partial charge in [0.25, 0.3) is 0 Å². The van der Waals surface area contributed by atoms with E-state index in [2.05, 4.69) is 4.98 Å². The molecule has 0 amide bonds. The van der Waals surface area contributed by atoms with E-state index in [1.54, 1.807) is 62.0 Å². The van der Waals surface area contributed by atoms with Crippen molar-refractivity contribution in [3.8, 4) is 22.9 Å². The van der Waals surface area contributed by atoms with Crippen molar-refractivity contribution in [2.45, 2.75) is 0 Å². The fourth-order valence-corrected chi connectivity index (χ4v) is 2.94. The second kappa shape index (κ2) is 7.90. The molecule has 0 saturated heterocycles. The first-order valence-corrected chi connectivity index (χ1v) is 8.96. The molecular formula is C23H18N2O4. The van der Waals surface area contributed by atoms with Gasteiger partial charge in [-0.2, -0.15) is 0 Å². The van der Waals surface area contributed by atoms with Crippen LogP contribution in [0.5, 0.6) is 5.75 Å². The van der Waals surface area contributed by atoms with Gasteiger partial charge in [0.1, 0.15) is 11.4 Å². The lowest BCUT2D eigenvalue weighted by atomic mass is 10.1. The van der Waals surface area contributed by atoms with Gasteiger partial charge in [-0.3, -0.25) is 9.36 Å². The number of hydrogen-bond acceptors (Lipinski definition) is 4. The molecule has 0 saturated carbocycles. The van der Waals surface area contributed by atoms with Gasteiger partial charge < -0.3 is 14.1 Å². The number of ether oxygens (including phenoxy) is 1. The van der Waals surface area contributed by atoms with E-state index in [1.165, 1.54) is 10.6 Å². The molecule has 144 valence electrons. The zero-order valence-corrected chi connectivity index (χ0v) is 15.7. The van der Waals surface area contributed by atoms with Crippen LogP contribution in [0.4, 0.5) is 0 Å². The maximum absolute atomic E-state index is 12.6. The van der Waals surface area contributed by atoms with Crippen LogP contribution in [0.3, 0.4) is 0 Å². The number of methoxy groups -OCH3 is 1. The number of hydrogen-bond donors (Lipinski definition) is 1. The number of carbonyl (C=O) groups excluding carboxylic acids is 1. The van der Waals surface area contributed by atoms with E-state index in [1.807, 2.05) is 24.3 Å². The van der Waals surface area contributed by atoms with Crippen LogP contribution in [0, 0.1) is 0 Å². The molecule has 2 aromatic carbocycles. The predicted octanol–water partition coefficient (Wildman–Crippen LogP) is 4.33. The number of benzene rings is 2. The fourth-order valence-electron chi connectivity index (χ4n) is 2.94. The quantitative estimate of drug-likeness (QED) is 0.395. The Labute approximate surface area is 166 Å². The minimum atomic E-state index is -0.310. The van der Waals surface area contributed by atoms with E-state index in [4.69, 9.17) is 9.15 Å². The first-order chi connectivity index (χ1) is 14.1. The molecule has 0 aliphatic heterocycles.